The third-order valence-electron chi connectivity index (χ3n) is 4.75. The molecule has 1 aliphatic heterocycles. The van der Waals surface area contributed by atoms with E-state index in [1.165, 1.54) is 12.1 Å². The van der Waals surface area contributed by atoms with Gasteiger partial charge in [-0.15, -0.1) is 0 Å². The Morgan fingerprint density at radius 2 is 1.69 bits per heavy atom. The molecule has 0 saturated carbocycles. The maximum atomic E-state index is 13.9. The highest BCUT2D eigenvalue weighted by atomic mass is 35.5. The standard InChI is InChI=1S/C21H21Cl2FN2O3/c1-14(29-15-7-8-17(22)18(23)13-15)20(27)25-9-4-10-26(12-11-25)21(28)16-5-2-3-6-19(16)24/h2-3,5-8,13-14H,4,9-12H2,1H3. The van der Waals surface area contributed by atoms with E-state index in [0.717, 1.165) is 0 Å². The third-order valence-corrected chi connectivity index (χ3v) is 5.49. The molecule has 0 bridgehead atoms. The van der Waals surface area contributed by atoms with Crippen LogP contribution in [0.3, 0.4) is 0 Å². The van der Waals surface area contributed by atoms with Gasteiger partial charge >= 0.3 is 0 Å². The molecular formula is C21H21Cl2FN2O3. The van der Waals surface area contributed by atoms with Gasteiger partial charge in [0, 0.05) is 32.2 Å². The highest BCUT2D eigenvalue weighted by Crippen LogP contribution is 2.27. The van der Waals surface area contributed by atoms with E-state index in [-0.39, 0.29) is 17.4 Å². The zero-order valence-electron chi connectivity index (χ0n) is 15.9. The monoisotopic (exact) mass is 438 g/mol. The molecule has 2 amide bonds. The van der Waals surface area contributed by atoms with Crippen LogP contribution >= 0.6 is 23.2 Å². The molecule has 0 aromatic heterocycles. The minimum absolute atomic E-state index is 0.0450. The minimum atomic E-state index is -0.721. The maximum Gasteiger partial charge on any atom is 0.263 e. The zero-order chi connectivity index (χ0) is 21.0. The summed E-state index contributed by atoms with van der Waals surface area (Å²) >= 11 is 11.9. The second-order valence-electron chi connectivity index (χ2n) is 6.79. The van der Waals surface area contributed by atoms with Gasteiger partial charge in [0.2, 0.25) is 0 Å². The van der Waals surface area contributed by atoms with Crippen molar-refractivity contribution >= 4 is 35.0 Å². The molecule has 29 heavy (non-hydrogen) atoms. The number of hydrogen-bond donors (Lipinski definition) is 0. The Balaban J connectivity index is 1.61. The lowest BCUT2D eigenvalue weighted by molar-refractivity contribution is -0.137. The van der Waals surface area contributed by atoms with Crippen molar-refractivity contribution in [3.05, 3.63) is 63.9 Å². The van der Waals surface area contributed by atoms with Gasteiger partial charge in [0.15, 0.2) is 6.10 Å². The molecular weight excluding hydrogens is 418 g/mol. The molecule has 1 saturated heterocycles. The van der Waals surface area contributed by atoms with Gasteiger partial charge in [0.05, 0.1) is 15.6 Å². The van der Waals surface area contributed by atoms with Crippen LogP contribution < -0.4 is 4.74 Å². The molecule has 1 atom stereocenters. The summed E-state index contributed by atoms with van der Waals surface area (Å²) in [4.78, 5) is 28.6. The van der Waals surface area contributed by atoms with E-state index in [1.54, 1.807) is 47.1 Å². The summed E-state index contributed by atoms with van der Waals surface area (Å²) in [5, 5.41) is 0.756. The molecule has 0 N–H and O–H groups in total. The molecule has 1 unspecified atom stereocenters. The van der Waals surface area contributed by atoms with Crippen LogP contribution in [-0.2, 0) is 4.79 Å². The number of nitrogens with zero attached hydrogens (tertiary/aromatic N) is 2. The molecule has 8 heteroatoms. The molecule has 0 radical (unpaired) electrons. The first-order chi connectivity index (χ1) is 13.9. The van der Waals surface area contributed by atoms with Crippen LogP contribution in [0.25, 0.3) is 0 Å². The zero-order valence-corrected chi connectivity index (χ0v) is 17.4. The smallest absolute Gasteiger partial charge is 0.263 e. The maximum absolute atomic E-state index is 13.9. The number of hydrogen-bond acceptors (Lipinski definition) is 3. The van der Waals surface area contributed by atoms with Crippen LogP contribution in [0, 0.1) is 5.82 Å². The van der Waals surface area contributed by atoms with E-state index < -0.39 is 11.9 Å². The fraction of sp³-hybridized carbons (Fsp3) is 0.333. The number of amides is 2. The van der Waals surface area contributed by atoms with E-state index >= 15 is 0 Å². The van der Waals surface area contributed by atoms with Crippen molar-refractivity contribution in [3.8, 4) is 5.75 Å². The summed E-state index contributed by atoms with van der Waals surface area (Å²) in [7, 11) is 0. The molecule has 2 aromatic rings. The van der Waals surface area contributed by atoms with Crippen LogP contribution in [0.2, 0.25) is 10.0 Å². The van der Waals surface area contributed by atoms with E-state index in [0.29, 0.717) is 48.4 Å². The summed E-state index contributed by atoms with van der Waals surface area (Å²) in [6, 6.07) is 10.7. The van der Waals surface area contributed by atoms with E-state index in [4.69, 9.17) is 27.9 Å². The lowest BCUT2D eigenvalue weighted by atomic mass is 10.2. The summed E-state index contributed by atoms with van der Waals surface area (Å²) in [6.45, 7) is 3.30. The second-order valence-corrected chi connectivity index (χ2v) is 7.60. The SMILES string of the molecule is CC(Oc1ccc(Cl)c(Cl)c1)C(=O)N1CCCN(C(=O)c2ccccc2F)CC1. The van der Waals surface area contributed by atoms with Crippen LogP contribution in [-0.4, -0.2) is 53.9 Å². The molecule has 1 aliphatic rings. The highest BCUT2D eigenvalue weighted by Gasteiger charge is 2.27. The van der Waals surface area contributed by atoms with Crippen molar-refractivity contribution in [2.24, 2.45) is 0 Å². The van der Waals surface area contributed by atoms with Gasteiger partial charge in [-0.1, -0.05) is 35.3 Å². The summed E-state index contributed by atoms with van der Waals surface area (Å²) < 4.78 is 19.6. The van der Waals surface area contributed by atoms with Gasteiger partial charge in [0.1, 0.15) is 11.6 Å². The van der Waals surface area contributed by atoms with Gasteiger partial charge < -0.3 is 14.5 Å². The summed E-state index contributed by atoms with van der Waals surface area (Å²) in [6.07, 6.45) is -0.119. The molecule has 1 fully saturated rings. The first-order valence-corrected chi connectivity index (χ1v) is 10.1. The molecule has 2 aromatic carbocycles. The molecule has 1 heterocycles. The first-order valence-electron chi connectivity index (χ1n) is 9.31. The van der Waals surface area contributed by atoms with Crippen molar-refractivity contribution in [2.45, 2.75) is 19.4 Å². The van der Waals surface area contributed by atoms with Gasteiger partial charge in [-0.05, 0) is 37.6 Å². The van der Waals surface area contributed by atoms with Crippen molar-refractivity contribution in [2.75, 3.05) is 26.2 Å². The minimum Gasteiger partial charge on any atom is -0.481 e. The number of carbonyl (C=O) groups is 2. The van der Waals surface area contributed by atoms with Crippen molar-refractivity contribution in [3.63, 3.8) is 0 Å². The number of ether oxygens (including phenoxy) is 1. The molecule has 3 rings (SSSR count). The van der Waals surface area contributed by atoms with E-state index in [9.17, 15) is 14.0 Å². The van der Waals surface area contributed by atoms with Gasteiger partial charge in [-0.2, -0.15) is 0 Å². The van der Waals surface area contributed by atoms with E-state index in [2.05, 4.69) is 0 Å². The number of carbonyl (C=O) groups excluding carboxylic acids is 2. The van der Waals surface area contributed by atoms with Crippen molar-refractivity contribution in [1.29, 1.82) is 0 Å². The van der Waals surface area contributed by atoms with E-state index in [1.807, 2.05) is 0 Å². The largest absolute Gasteiger partial charge is 0.481 e. The number of benzene rings is 2. The van der Waals surface area contributed by atoms with Gasteiger partial charge in [0.25, 0.3) is 11.8 Å². The van der Waals surface area contributed by atoms with Crippen molar-refractivity contribution in [1.82, 2.24) is 9.80 Å². The highest BCUT2D eigenvalue weighted by molar-refractivity contribution is 6.42. The Morgan fingerprint density at radius 3 is 2.41 bits per heavy atom. The van der Waals surface area contributed by atoms with Crippen LogP contribution in [0.5, 0.6) is 5.75 Å². The topological polar surface area (TPSA) is 49.9 Å². The quantitative estimate of drug-likeness (QED) is 0.715. The normalized spacial score (nSPS) is 15.6. The summed E-state index contributed by atoms with van der Waals surface area (Å²) in [5.41, 5.74) is 0.0450. The predicted molar refractivity (Wildman–Crippen MR) is 110 cm³/mol. The number of halogens is 3. The second kappa shape index (κ2) is 9.46. The van der Waals surface area contributed by atoms with Crippen molar-refractivity contribution < 1.29 is 18.7 Å². The lowest BCUT2D eigenvalue weighted by Gasteiger charge is -2.25. The van der Waals surface area contributed by atoms with Crippen LogP contribution in [0.15, 0.2) is 42.5 Å². The van der Waals surface area contributed by atoms with Gasteiger partial charge in [-0.25, -0.2) is 4.39 Å². The third kappa shape index (κ3) is 5.19. The summed E-state index contributed by atoms with van der Waals surface area (Å²) in [5.74, 6) is -0.640. The Hall–Kier alpha value is -2.31. The average molecular weight is 439 g/mol. The lowest BCUT2D eigenvalue weighted by Crippen LogP contribution is -2.43. The fourth-order valence-corrected chi connectivity index (χ4v) is 3.50. The first kappa shape index (κ1) is 21.4. The van der Waals surface area contributed by atoms with Gasteiger partial charge in [-0.3, -0.25) is 9.59 Å². The Labute approximate surface area is 178 Å². The predicted octanol–water partition coefficient (Wildman–Crippen LogP) is 4.27. The number of rotatable bonds is 4. The van der Waals surface area contributed by atoms with Crippen LogP contribution in [0.1, 0.15) is 23.7 Å². The molecule has 0 aliphatic carbocycles. The Morgan fingerprint density at radius 1 is 1.00 bits per heavy atom. The molecule has 0 spiro atoms. The average Bonchev–Trinajstić information content (AvgIpc) is 2.96. The fourth-order valence-electron chi connectivity index (χ4n) is 3.21. The Bertz CT molecular complexity index is 909. The molecule has 5 nitrogen and oxygen atoms in total. The Kier molecular flexibility index (Phi) is 6.98. The molecule has 154 valence electrons. The van der Waals surface area contributed by atoms with Crippen LogP contribution in [0.4, 0.5) is 4.39 Å².